The van der Waals surface area contributed by atoms with E-state index in [0.29, 0.717) is 10.9 Å². The molecule has 0 unspecified atom stereocenters. The Morgan fingerprint density at radius 3 is 2.46 bits per heavy atom. The minimum absolute atomic E-state index is 0.245. The number of benzene rings is 2. The fourth-order valence-electron chi connectivity index (χ4n) is 6.08. The summed E-state index contributed by atoms with van der Waals surface area (Å²) in [5, 5.41) is 8.96. The Morgan fingerprint density at radius 1 is 1.03 bits per heavy atom. The smallest absolute Gasteiger partial charge is 0.233 e. The molecule has 2 aromatic heterocycles. The maximum absolute atomic E-state index is 13.9. The van der Waals surface area contributed by atoms with Gasteiger partial charge in [-0.25, -0.2) is 4.98 Å². The number of nitrogens with one attached hydrogen (secondary N) is 1. The number of nitrogens with zero attached hydrogens (tertiary/aromatic N) is 4. The predicted molar refractivity (Wildman–Crippen MR) is 151 cm³/mol. The third-order valence-electron chi connectivity index (χ3n) is 8.13. The molecule has 0 bridgehead atoms. The summed E-state index contributed by atoms with van der Waals surface area (Å²) < 4.78 is 1.87. The molecule has 3 heterocycles. The highest BCUT2D eigenvalue weighted by molar-refractivity contribution is 6.36. The van der Waals surface area contributed by atoms with Gasteiger partial charge in [-0.05, 0) is 42.8 Å². The first kappa shape index (κ1) is 24.0. The Hall–Kier alpha value is -3.32. The highest BCUT2D eigenvalue weighted by atomic mass is 35.5. The van der Waals surface area contributed by atoms with Crippen LogP contribution in [0.1, 0.15) is 44.1 Å². The molecule has 1 saturated heterocycles. The fourth-order valence-corrected chi connectivity index (χ4v) is 6.32. The van der Waals surface area contributed by atoms with Crippen LogP contribution in [0, 0.1) is 0 Å². The second-order valence-electron chi connectivity index (χ2n) is 10.4. The Bertz CT molecular complexity index is 1430. The summed E-state index contributed by atoms with van der Waals surface area (Å²) in [5.41, 5.74) is 4.38. The number of piperidine rings is 1. The zero-order valence-corrected chi connectivity index (χ0v) is 21.9. The summed E-state index contributed by atoms with van der Waals surface area (Å²) in [5.74, 6) is 1.21. The summed E-state index contributed by atoms with van der Waals surface area (Å²) >= 11 is 6.50. The van der Waals surface area contributed by atoms with Gasteiger partial charge in [0, 0.05) is 42.0 Å². The van der Waals surface area contributed by atoms with Crippen molar-refractivity contribution < 1.29 is 4.79 Å². The van der Waals surface area contributed by atoms with Gasteiger partial charge in [0.05, 0.1) is 11.1 Å². The van der Waals surface area contributed by atoms with Gasteiger partial charge in [-0.3, -0.25) is 4.79 Å². The van der Waals surface area contributed by atoms with Crippen molar-refractivity contribution in [3.05, 3.63) is 77.4 Å². The maximum atomic E-state index is 13.9. The maximum Gasteiger partial charge on any atom is 0.233 e. The van der Waals surface area contributed by atoms with Gasteiger partial charge in [-0.1, -0.05) is 73.0 Å². The standard InChI is InChI=1S/C29H31BClN5O/c30-23-19-32-36-26(18-25(34-27(23)36)22-10-4-5-11-24(22)31)33-21-12-16-35(17-13-21)28(37)29(14-6-7-15-29)20-8-2-1-3-9-20/h1-5,8-11,18-19,21,33H,6-7,12-17,30H2. The molecule has 0 radical (unpaired) electrons. The van der Waals surface area contributed by atoms with Gasteiger partial charge in [0.25, 0.3) is 0 Å². The van der Waals surface area contributed by atoms with E-state index in [0.717, 1.165) is 79.8 Å². The number of anilines is 1. The van der Waals surface area contributed by atoms with Crippen LogP contribution in [0.4, 0.5) is 5.82 Å². The van der Waals surface area contributed by atoms with E-state index in [1.165, 1.54) is 5.56 Å². The second-order valence-corrected chi connectivity index (χ2v) is 10.8. The molecular formula is C29H31BClN5O. The van der Waals surface area contributed by atoms with Crippen LogP contribution in [0.25, 0.3) is 16.9 Å². The number of hydrogen-bond donors (Lipinski definition) is 1. The van der Waals surface area contributed by atoms with Crippen molar-refractivity contribution in [2.24, 2.45) is 0 Å². The lowest BCUT2D eigenvalue weighted by molar-refractivity contribution is -0.138. The molecule has 1 saturated carbocycles. The van der Waals surface area contributed by atoms with Crippen LogP contribution in [0.15, 0.2) is 66.9 Å². The minimum atomic E-state index is -0.352. The molecule has 6 rings (SSSR count). The van der Waals surface area contributed by atoms with E-state index in [2.05, 4.69) is 39.6 Å². The number of rotatable bonds is 5. The Kier molecular flexibility index (Phi) is 6.41. The molecule has 1 amide bonds. The number of halogens is 1. The molecule has 1 aliphatic heterocycles. The first-order valence-electron chi connectivity index (χ1n) is 13.3. The van der Waals surface area contributed by atoms with Crippen LogP contribution in [-0.2, 0) is 10.2 Å². The van der Waals surface area contributed by atoms with Crippen LogP contribution < -0.4 is 10.8 Å². The van der Waals surface area contributed by atoms with Crippen molar-refractivity contribution in [1.29, 1.82) is 0 Å². The zero-order chi connectivity index (χ0) is 25.4. The van der Waals surface area contributed by atoms with Crippen molar-refractivity contribution in [2.75, 3.05) is 18.4 Å². The highest BCUT2D eigenvalue weighted by Crippen LogP contribution is 2.43. The van der Waals surface area contributed by atoms with Crippen molar-refractivity contribution in [3.8, 4) is 11.3 Å². The van der Waals surface area contributed by atoms with Crippen LogP contribution in [0.3, 0.4) is 0 Å². The second kappa shape index (κ2) is 9.86. The summed E-state index contributed by atoms with van der Waals surface area (Å²) in [6, 6.07) is 20.5. The SMILES string of the molecule is Bc1cnn2c(NC3CCN(C(=O)C4(c5ccccc5)CCCC4)CC3)cc(-c3ccccc3Cl)nc12. The quantitative estimate of drug-likeness (QED) is 0.408. The van der Waals surface area contributed by atoms with Gasteiger partial charge in [0.15, 0.2) is 5.65 Å². The van der Waals surface area contributed by atoms with E-state index in [4.69, 9.17) is 16.6 Å². The number of carbonyl (C=O) groups is 1. The average Bonchev–Trinajstić information content (AvgIpc) is 3.58. The van der Waals surface area contributed by atoms with Crippen LogP contribution in [-0.4, -0.2) is 52.4 Å². The van der Waals surface area contributed by atoms with E-state index in [-0.39, 0.29) is 11.5 Å². The first-order chi connectivity index (χ1) is 18.0. The van der Waals surface area contributed by atoms with E-state index in [9.17, 15) is 4.79 Å². The largest absolute Gasteiger partial charge is 0.367 e. The number of fused-ring (bicyclic) bond motifs is 1. The Labute approximate surface area is 223 Å². The Morgan fingerprint density at radius 2 is 1.73 bits per heavy atom. The lowest BCUT2D eigenvalue weighted by atomic mass is 9.77. The molecule has 0 spiro atoms. The van der Waals surface area contributed by atoms with Crippen molar-refractivity contribution in [2.45, 2.75) is 50.0 Å². The normalized spacial score (nSPS) is 17.8. The third-order valence-corrected chi connectivity index (χ3v) is 8.45. The number of carbonyl (C=O) groups excluding carboxylic acids is 1. The number of likely N-dealkylation sites (tertiary alicyclic amines) is 1. The van der Waals surface area contributed by atoms with Crippen LogP contribution in [0.2, 0.25) is 5.02 Å². The van der Waals surface area contributed by atoms with Crippen molar-refractivity contribution in [3.63, 3.8) is 0 Å². The van der Waals surface area contributed by atoms with Gasteiger partial charge in [0.2, 0.25) is 5.91 Å². The summed E-state index contributed by atoms with van der Waals surface area (Å²) in [6.45, 7) is 1.52. The van der Waals surface area contributed by atoms with E-state index < -0.39 is 0 Å². The Balaban J connectivity index is 1.21. The molecule has 188 valence electrons. The highest BCUT2D eigenvalue weighted by Gasteiger charge is 2.45. The molecule has 6 nitrogen and oxygen atoms in total. The van der Waals surface area contributed by atoms with E-state index >= 15 is 0 Å². The molecule has 8 heteroatoms. The van der Waals surface area contributed by atoms with Crippen LogP contribution in [0.5, 0.6) is 0 Å². The van der Waals surface area contributed by atoms with Gasteiger partial charge in [0.1, 0.15) is 13.7 Å². The number of amides is 1. The molecule has 4 aromatic rings. The number of aromatic nitrogens is 3. The summed E-state index contributed by atoms with van der Waals surface area (Å²) in [7, 11) is 2.02. The lowest BCUT2D eigenvalue weighted by Gasteiger charge is -2.39. The molecule has 1 N–H and O–H groups in total. The molecule has 37 heavy (non-hydrogen) atoms. The first-order valence-corrected chi connectivity index (χ1v) is 13.6. The third kappa shape index (κ3) is 4.39. The molecule has 1 aliphatic carbocycles. The summed E-state index contributed by atoms with van der Waals surface area (Å²) in [6.07, 6.45) is 7.76. The van der Waals surface area contributed by atoms with E-state index in [1.807, 2.05) is 55.0 Å². The topological polar surface area (TPSA) is 62.5 Å². The molecule has 2 aliphatic rings. The van der Waals surface area contributed by atoms with Gasteiger partial charge in [-0.15, -0.1) is 0 Å². The monoisotopic (exact) mass is 511 g/mol. The van der Waals surface area contributed by atoms with Crippen LogP contribution >= 0.6 is 11.6 Å². The average molecular weight is 512 g/mol. The van der Waals surface area contributed by atoms with E-state index in [1.54, 1.807) is 0 Å². The molecule has 0 atom stereocenters. The minimum Gasteiger partial charge on any atom is -0.367 e. The molecule has 2 fully saturated rings. The summed E-state index contributed by atoms with van der Waals surface area (Å²) in [4.78, 5) is 20.8. The van der Waals surface area contributed by atoms with Gasteiger partial charge in [-0.2, -0.15) is 9.61 Å². The fraction of sp³-hybridized carbons (Fsp3) is 0.345. The predicted octanol–water partition coefficient (Wildman–Crippen LogP) is 4.22. The van der Waals surface area contributed by atoms with Gasteiger partial charge < -0.3 is 10.2 Å². The molecule has 2 aromatic carbocycles. The number of hydrogen-bond acceptors (Lipinski definition) is 4. The lowest BCUT2D eigenvalue weighted by Crippen LogP contribution is -2.50. The van der Waals surface area contributed by atoms with Gasteiger partial charge >= 0.3 is 0 Å². The van der Waals surface area contributed by atoms with Crippen molar-refractivity contribution >= 4 is 42.3 Å². The van der Waals surface area contributed by atoms with Crippen molar-refractivity contribution in [1.82, 2.24) is 19.5 Å². The zero-order valence-electron chi connectivity index (χ0n) is 21.2. The molecular weight excluding hydrogens is 481 g/mol.